The van der Waals surface area contributed by atoms with E-state index in [2.05, 4.69) is 32.4 Å². The van der Waals surface area contributed by atoms with Crippen molar-refractivity contribution in [2.75, 3.05) is 25.0 Å². The van der Waals surface area contributed by atoms with Crippen molar-refractivity contribution in [1.29, 1.82) is 0 Å². The lowest BCUT2D eigenvalue weighted by Gasteiger charge is -2.31. The molecule has 1 aromatic carbocycles. The Kier molecular flexibility index (Phi) is 5.41. The van der Waals surface area contributed by atoms with E-state index in [4.69, 9.17) is 11.6 Å². The van der Waals surface area contributed by atoms with Gasteiger partial charge in [-0.15, -0.1) is 0 Å². The van der Waals surface area contributed by atoms with Crippen molar-refractivity contribution in [2.45, 2.75) is 25.2 Å². The number of fused-ring (bicyclic) bond motifs is 1. The number of piperidine rings is 1. The first-order chi connectivity index (χ1) is 13.2. The number of pyridine rings is 1. The summed E-state index contributed by atoms with van der Waals surface area (Å²) in [5.74, 6) is 0.601. The summed E-state index contributed by atoms with van der Waals surface area (Å²) in [7, 11) is 0. The minimum atomic E-state index is 0.0437. The van der Waals surface area contributed by atoms with Gasteiger partial charge in [-0.3, -0.25) is 4.79 Å². The van der Waals surface area contributed by atoms with Crippen LogP contribution in [-0.4, -0.2) is 40.4 Å². The van der Waals surface area contributed by atoms with Crippen LogP contribution >= 0.6 is 11.6 Å². The van der Waals surface area contributed by atoms with Gasteiger partial charge in [0.1, 0.15) is 5.65 Å². The van der Waals surface area contributed by atoms with E-state index in [9.17, 15) is 4.79 Å². The highest BCUT2D eigenvalue weighted by Gasteiger charge is 2.23. The minimum Gasteiger partial charge on any atom is -0.346 e. The Morgan fingerprint density at radius 2 is 2.00 bits per heavy atom. The topological polar surface area (TPSA) is 61.0 Å². The molecule has 0 bridgehead atoms. The second-order valence-corrected chi connectivity index (χ2v) is 7.50. The first-order valence-electron chi connectivity index (χ1n) is 9.39. The van der Waals surface area contributed by atoms with Gasteiger partial charge in [-0.1, -0.05) is 11.6 Å². The third kappa shape index (κ3) is 4.31. The summed E-state index contributed by atoms with van der Waals surface area (Å²) in [4.78, 5) is 22.2. The van der Waals surface area contributed by atoms with Gasteiger partial charge in [0.25, 0.3) is 0 Å². The van der Waals surface area contributed by atoms with Gasteiger partial charge in [0.05, 0.1) is 0 Å². The van der Waals surface area contributed by atoms with Crippen molar-refractivity contribution in [3.8, 4) is 0 Å². The molecule has 2 aromatic heterocycles. The summed E-state index contributed by atoms with van der Waals surface area (Å²) >= 11 is 5.87. The largest absolute Gasteiger partial charge is 0.346 e. The molecule has 140 valence electrons. The first-order valence-corrected chi connectivity index (χ1v) is 9.76. The average Bonchev–Trinajstić information content (AvgIpc) is 3.13. The van der Waals surface area contributed by atoms with Crippen LogP contribution in [0.1, 0.15) is 30.7 Å². The molecule has 3 aromatic rings. The fourth-order valence-corrected chi connectivity index (χ4v) is 3.92. The summed E-state index contributed by atoms with van der Waals surface area (Å²) in [6.07, 6.45) is 6.66. The number of nitrogens with one attached hydrogen (secondary N) is 2. The zero-order valence-corrected chi connectivity index (χ0v) is 15.9. The number of halogens is 1. The lowest BCUT2D eigenvalue weighted by atomic mass is 9.89. The molecule has 1 saturated heterocycles. The Hall–Kier alpha value is -2.37. The Labute approximate surface area is 163 Å². The molecule has 0 saturated carbocycles. The summed E-state index contributed by atoms with van der Waals surface area (Å²) in [6, 6.07) is 11.3. The molecule has 3 heterocycles. The second-order valence-electron chi connectivity index (χ2n) is 7.06. The summed E-state index contributed by atoms with van der Waals surface area (Å²) in [5.41, 5.74) is 3.13. The van der Waals surface area contributed by atoms with Gasteiger partial charge in [-0.25, -0.2) is 4.98 Å². The van der Waals surface area contributed by atoms with Crippen LogP contribution in [0, 0.1) is 0 Å². The predicted octanol–water partition coefficient (Wildman–Crippen LogP) is 4.42. The third-order valence-electron chi connectivity index (χ3n) is 5.29. The highest BCUT2D eigenvalue weighted by Crippen LogP contribution is 2.32. The standard InChI is InChI=1S/C21H23ClN4O/c22-16-3-5-17(6-4-16)25-20(27)9-13-26-11-7-15(8-12-26)19-14-24-21-18(19)2-1-10-23-21/h1-6,10,14-15H,7-9,11-13H2,(H,23,24)(H,25,27). The first kappa shape index (κ1) is 18.0. The molecular weight excluding hydrogens is 360 g/mol. The number of hydrogen-bond acceptors (Lipinski definition) is 3. The van der Waals surface area contributed by atoms with Gasteiger partial charge in [0, 0.05) is 41.5 Å². The number of H-pyrrole nitrogens is 1. The van der Waals surface area contributed by atoms with Crippen molar-refractivity contribution in [1.82, 2.24) is 14.9 Å². The zero-order chi connectivity index (χ0) is 18.6. The van der Waals surface area contributed by atoms with E-state index in [0.29, 0.717) is 17.4 Å². The number of rotatable bonds is 5. The van der Waals surface area contributed by atoms with Crippen molar-refractivity contribution in [2.24, 2.45) is 0 Å². The van der Waals surface area contributed by atoms with Crippen LogP contribution in [0.4, 0.5) is 5.69 Å². The number of anilines is 1. The van der Waals surface area contributed by atoms with E-state index < -0.39 is 0 Å². The molecule has 1 aliphatic heterocycles. The number of carbonyl (C=O) groups is 1. The molecule has 1 amide bonds. The molecule has 0 spiro atoms. The molecule has 0 aliphatic carbocycles. The van der Waals surface area contributed by atoms with Gasteiger partial charge < -0.3 is 15.2 Å². The summed E-state index contributed by atoms with van der Waals surface area (Å²) in [5, 5.41) is 4.83. The van der Waals surface area contributed by atoms with Crippen LogP contribution in [0.3, 0.4) is 0 Å². The molecule has 2 N–H and O–H groups in total. The molecule has 0 radical (unpaired) electrons. The molecular formula is C21H23ClN4O. The Morgan fingerprint density at radius 1 is 1.22 bits per heavy atom. The van der Waals surface area contributed by atoms with Crippen molar-refractivity contribution >= 4 is 34.2 Å². The molecule has 0 unspecified atom stereocenters. The third-order valence-corrected chi connectivity index (χ3v) is 5.55. The van der Waals surface area contributed by atoms with Crippen LogP contribution < -0.4 is 5.32 Å². The monoisotopic (exact) mass is 382 g/mol. The van der Waals surface area contributed by atoms with Gasteiger partial charge in [0.2, 0.25) is 5.91 Å². The highest BCUT2D eigenvalue weighted by molar-refractivity contribution is 6.30. The Balaban J connectivity index is 1.26. The van der Waals surface area contributed by atoms with Crippen LogP contribution in [-0.2, 0) is 4.79 Å². The number of likely N-dealkylation sites (tertiary alicyclic amines) is 1. The summed E-state index contributed by atoms with van der Waals surface area (Å²) < 4.78 is 0. The van der Waals surface area contributed by atoms with Crippen LogP contribution in [0.25, 0.3) is 11.0 Å². The number of aromatic amines is 1. The molecule has 4 rings (SSSR count). The Bertz CT molecular complexity index is 913. The average molecular weight is 383 g/mol. The molecule has 1 fully saturated rings. The van der Waals surface area contributed by atoms with Gasteiger partial charge in [-0.2, -0.15) is 0 Å². The van der Waals surface area contributed by atoms with E-state index in [1.807, 2.05) is 24.4 Å². The summed E-state index contributed by atoms with van der Waals surface area (Å²) in [6.45, 7) is 2.83. The van der Waals surface area contributed by atoms with Gasteiger partial charge in [0.15, 0.2) is 0 Å². The smallest absolute Gasteiger partial charge is 0.225 e. The molecule has 1 aliphatic rings. The fraction of sp³-hybridized carbons (Fsp3) is 0.333. The van der Waals surface area contributed by atoms with E-state index in [1.165, 1.54) is 10.9 Å². The SMILES string of the molecule is O=C(CCN1CCC(c2c[nH]c3ncccc23)CC1)Nc1ccc(Cl)cc1. The molecule has 5 nitrogen and oxygen atoms in total. The van der Waals surface area contributed by atoms with Crippen molar-refractivity contribution in [3.63, 3.8) is 0 Å². The highest BCUT2D eigenvalue weighted by atomic mass is 35.5. The lowest BCUT2D eigenvalue weighted by Crippen LogP contribution is -2.35. The quantitative estimate of drug-likeness (QED) is 0.686. The normalized spacial score (nSPS) is 15.9. The molecule has 0 atom stereocenters. The molecule has 27 heavy (non-hydrogen) atoms. The van der Waals surface area contributed by atoms with E-state index >= 15 is 0 Å². The number of amides is 1. The van der Waals surface area contributed by atoms with Gasteiger partial charge >= 0.3 is 0 Å². The van der Waals surface area contributed by atoms with Crippen LogP contribution in [0.2, 0.25) is 5.02 Å². The maximum Gasteiger partial charge on any atom is 0.225 e. The number of nitrogens with zero attached hydrogens (tertiary/aromatic N) is 2. The zero-order valence-electron chi connectivity index (χ0n) is 15.1. The lowest BCUT2D eigenvalue weighted by molar-refractivity contribution is -0.116. The predicted molar refractivity (Wildman–Crippen MR) is 109 cm³/mol. The maximum atomic E-state index is 12.2. The number of carbonyl (C=O) groups excluding carboxylic acids is 1. The van der Waals surface area contributed by atoms with E-state index in [0.717, 1.165) is 43.8 Å². The Morgan fingerprint density at radius 3 is 2.78 bits per heavy atom. The maximum absolute atomic E-state index is 12.2. The van der Waals surface area contributed by atoms with Gasteiger partial charge in [-0.05, 0) is 73.8 Å². The van der Waals surface area contributed by atoms with Crippen LogP contribution in [0.15, 0.2) is 48.8 Å². The van der Waals surface area contributed by atoms with Crippen molar-refractivity contribution in [3.05, 3.63) is 59.4 Å². The number of hydrogen-bond donors (Lipinski definition) is 2. The van der Waals surface area contributed by atoms with E-state index in [-0.39, 0.29) is 5.91 Å². The fourth-order valence-electron chi connectivity index (χ4n) is 3.80. The second kappa shape index (κ2) is 8.11. The minimum absolute atomic E-state index is 0.0437. The number of benzene rings is 1. The van der Waals surface area contributed by atoms with E-state index in [1.54, 1.807) is 12.1 Å². The molecule has 6 heteroatoms. The number of aromatic nitrogens is 2. The van der Waals surface area contributed by atoms with Crippen LogP contribution in [0.5, 0.6) is 0 Å². The van der Waals surface area contributed by atoms with Crippen molar-refractivity contribution < 1.29 is 4.79 Å².